The summed E-state index contributed by atoms with van der Waals surface area (Å²) in [6.07, 6.45) is 0. The van der Waals surface area contributed by atoms with E-state index in [-0.39, 0.29) is 12.4 Å². The van der Waals surface area contributed by atoms with Crippen LogP contribution in [0.3, 0.4) is 0 Å². The minimum atomic E-state index is -0.236. The Morgan fingerprint density at radius 1 is 1.17 bits per heavy atom. The SMILES string of the molecule is CCNC(=NCc1ccccc1CO)N(C)Cc1cccc(F)c1. The van der Waals surface area contributed by atoms with Gasteiger partial charge >= 0.3 is 0 Å². The molecule has 0 aliphatic carbocycles. The van der Waals surface area contributed by atoms with Crippen LogP contribution >= 0.6 is 0 Å². The van der Waals surface area contributed by atoms with Gasteiger partial charge in [0.2, 0.25) is 0 Å². The van der Waals surface area contributed by atoms with Gasteiger partial charge in [-0.3, -0.25) is 0 Å². The van der Waals surface area contributed by atoms with Gasteiger partial charge in [0.05, 0.1) is 13.2 Å². The summed E-state index contributed by atoms with van der Waals surface area (Å²) < 4.78 is 13.3. The maximum Gasteiger partial charge on any atom is 0.194 e. The summed E-state index contributed by atoms with van der Waals surface area (Å²) in [4.78, 5) is 6.60. The van der Waals surface area contributed by atoms with Crippen molar-refractivity contribution >= 4 is 5.96 Å². The number of nitrogens with one attached hydrogen (secondary N) is 1. The standard InChI is InChI=1S/C19H24FN3O/c1-3-21-19(22-12-16-8-4-5-9-17(16)14-24)23(2)13-15-7-6-10-18(20)11-15/h4-11,24H,3,12-14H2,1-2H3,(H,21,22). The second-order valence-corrected chi connectivity index (χ2v) is 5.58. The minimum Gasteiger partial charge on any atom is -0.392 e. The lowest BCUT2D eigenvalue weighted by atomic mass is 10.1. The van der Waals surface area contributed by atoms with Gasteiger partial charge in [0.25, 0.3) is 0 Å². The van der Waals surface area contributed by atoms with Crippen LogP contribution in [0, 0.1) is 5.82 Å². The van der Waals surface area contributed by atoms with Crippen molar-refractivity contribution in [3.63, 3.8) is 0 Å². The zero-order valence-corrected chi connectivity index (χ0v) is 14.2. The van der Waals surface area contributed by atoms with Crippen LogP contribution in [0.25, 0.3) is 0 Å². The van der Waals surface area contributed by atoms with E-state index in [4.69, 9.17) is 0 Å². The van der Waals surface area contributed by atoms with Gasteiger partial charge in [-0.05, 0) is 35.7 Å². The fourth-order valence-electron chi connectivity index (χ4n) is 2.48. The Bertz CT molecular complexity index is 688. The molecule has 0 atom stereocenters. The molecule has 0 aromatic heterocycles. The molecule has 4 nitrogen and oxygen atoms in total. The van der Waals surface area contributed by atoms with Crippen molar-refractivity contribution in [2.24, 2.45) is 4.99 Å². The van der Waals surface area contributed by atoms with E-state index < -0.39 is 0 Å². The maximum absolute atomic E-state index is 13.3. The first-order chi connectivity index (χ1) is 11.6. The topological polar surface area (TPSA) is 47.9 Å². The Morgan fingerprint density at radius 3 is 2.58 bits per heavy atom. The van der Waals surface area contributed by atoms with Crippen LogP contribution in [0.5, 0.6) is 0 Å². The summed E-state index contributed by atoms with van der Waals surface area (Å²) in [5.74, 6) is 0.509. The Hall–Kier alpha value is -2.40. The van der Waals surface area contributed by atoms with Gasteiger partial charge in [0.1, 0.15) is 5.82 Å². The van der Waals surface area contributed by atoms with E-state index in [0.717, 1.165) is 29.2 Å². The third-order valence-electron chi connectivity index (χ3n) is 3.69. The highest BCUT2D eigenvalue weighted by Gasteiger charge is 2.08. The summed E-state index contributed by atoms with van der Waals surface area (Å²) in [7, 11) is 1.92. The second-order valence-electron chi connectivity index (χ2n) is 5.58. The fourth-order valence-corrected chi connectivity index (χ4v) is 2.48. The molecule has 0 aliphatic heterocycles. The lowest BCUT2D eigenvalue weighted by Gasteiger charge is -2.22. The molecule has 0 fully saturated rings. The highest BCUT2D eigenvalue weighted by molar-refractivity contribution is 5.79. The molecule has 0 saturated heterocycles. The molecule has 0 aliphatic rings. The summed E-state index contributed by atoms with van der Waals surface area (Å²) in [5.41, 5.74) is 2.76. The van der Waals surface area contributed by atoms with E-state index in [1.807, 2.05) is 49.2 Å². The van der Waals surface area contributed by atoms with Crippen molar-refractivity contribution in [3.05, 3.63) is 71.0 Å². The molecule has 0 saturated carbocycles. The van der Waals surface area contributed by atoms with Gasteiger partial charge in [-0.2, -0.15) is 0 Å². The van der Waals surface area contributed by atoms with Crippen LogP contribution in [0.1, 0.15) is 23.6 Å². The molecular weight excluding hydrogens is 305 g/mol. The summed E-state index contributed by atoms with van der Waals surface area (Å²) in [5, 5.41) is 12.7. The third-order valence-corrected chi connectivity index (χ3v) is 3.69. The molecular formula is C19H24FN3O. The van der Waals surface area contributed by atoms with E-state index in [1.165, 1.54) is 12.1 Å². The summed E-state index contributed by atoms with van der Waals surface area (Å²) >= 11 is 0. The lowest BCUT2D eigenvalue weighted by molar-refractivity contribution is 0.280. The van der Waals surface area contributed by atoms with Gasteiger partial charge in [0.15, 0.2) is 5.96 Å². The Kier molecular flexibility index (Phi) is 6.75. The van der Waals surface area contributed by atoms with Gasteiger partial charge in [-0.1, -0.05) is 36.4 Å². The van der Waals surface area contributed by atoms with E-state index >= 15 is 0 Å². The van der Waals surface area contributed by atoms with Crippen LogP contribution in [-0.2, 0) is 19.7 Å². The molecule has 2 N–H and O–H groups in total. The lowest BCUT2D eigenvalue weighted by Crippen LogP contribution is -2.38. The van der Waals surface area contributed by atoms with Gasteiger partial charge in [-0.15, -0.1) is 0 Å². The van der Waals surface area contributed by atoms with Crippen molar-refractivity contribution in [2.45, 2.75) is 26.6 Å². The van der Waals surface area contributed by atoms with E-state index in [9.17, 15) is 9.50 Å². The second kappa shape index (κ2) is 9.03. The van der Waals surface area contributed by atoms with Gasteiger partial charge < -0.3 is 15.3 Å². The monoisotopic (exact) mass is 329 g/mol. The molecule has 5 heteroatoms. The Morgan fingerprint density at radius 2 is 1.92 bits per heavy atom. The average Bonchev–Trinajstić information content (AvgIpc) is 2.58. The minimum absolute atomic E-state index is 0.00135. The van der Waals surface area contributed by atoms with Crippen LogP contribution in [0.15, 0.2) is 53.5 Å². The van der Waals surface area contributed by atoms with Gasteiger partial charge in [0, 0.05) is 20.1 Å². The number of aliphatic imine (C=N–C) groups is 1. The average molecular weight is 329 g/mol. The van der Waals surface area contributed by atoms with Crippen molar-refractivity contribution in [1.29, 1.82) is 0 Å². The molecule has 0 heterocycles. The first kappa shape index (κ1) is 17.9. The largest absolute Gasteiger partial charge is 0.392 e. The van der Waals surface area contributed by atoms with Crippen molar-refractivity contribution in [3.8, 4) is 0 Å². The zero-order chi connectivity index (χ0) is 17.4. The third kappa shape index (κ3) is 5.06. The van der Waals surface area contributed by atoms with Crippen molar-refractivity contribution in [2.75, 3.05) is 13.6 Å². The summed E-state index contributed by atoms with van der Waals surface area (Å²) in [6, 6.07) is 14.3. The van der Waals surface area contributed by atoms with Crippen LogP contribution in [-0.4, -0.2) is 29.6 Å². The number of benzene rings is 2. The predicted octanol–water partition coefficient (Wildman–Crippen LogP) is 2.92. The smallest absolute Gasteiger partial charge is 0.194 e. The van der Waals surface area contributed by atoms with Crippen molar-refractivity contribution < 1.29 is 9.50 Å². The molecule has 0 spiro atoms. The predicted molar refractivity (Wildman–Crippen MR) is 95.0 cm³/mol. The Balaban J connectivity index is 2.12. The molecule has 24 heavy (non-hydrogen) atoms. The van der Waals surface area contributed by atoms with Crippen LogP contribution in [0.4, 0.5) is 4.39 Å². The van der Waals surface area contributed by atoms with Crippen LogP contribution in [0.2, 0.25) is 0 Å². The molecule has 2 aromatic carbocycles. The number of rotatable bonds is 6. The van der Waals surface area contributed by atoms with E-state index in [1.54, 1.807) is 6.07 Å². The van der Waals surface area contributed by atoms with Crippen LogP contribution < -0.4 is 5.32 Å². The highest BCUT2D eigenvalue weighted by Crippen LogP contribution is 2.11. The van der Waals surface area contributed by atoms with E-state index in [2.05, 4.69) is 10.3 Å². The molecule has 2 aromatic rings. The normalized spacial score (nSPS) is 11.4. The quantitative estimate of drug-likeness (QED) is 0.633. The van der Waals surface area contributed by atoms with Gasteiger partial charge in [-0.25, -0.2) is 9.38 Å². The highest BCUT2D eigenvalue weighted by atomic mass is 19.1. The molecule has 0 amide bonds. The maximum atomic E-state index is 13.3. The number of nitrogens with zero attached hydrogens (tertiary/aromatic N) is 2. The molecule has 0 unspecified atom stereocenters. The number of guanidine groups is 1. The molecule has 0 bridgehead atoms. The first-order valence-corrected chi connectivity index (χ1v) is 8.05. The Labute approximate surface area is 142 Å². The summed E-state index contributed by atoms with van der Waals surface area (Å²) in [6.45, 7) is 3.79. The molecule has 2 rings (SSSR count). The number of aliphatic hydroxyl groups is 1. The zero-order valence-electron chi connectivity index (χ0n) is 14.2. The number of hydrogen-bond acceptors (Lipinski definition) is 2. The molecule has 0 radical (unpaired) electrons. The first-order valence-electron chi connectivity index (χ1n) is 8.05. The molecule has 128 valence electrons. The number of hydrogen-bond donors (Lipinski definition) is 2. The fraction of sp³-hybridized carbons (Fsp3) is 0.316. The number of halogens is 1. The van der Waals surface area contributed by atoms with E-state index in [0.29, 0.717) is 13.1 Å². The number of aliphatic hydroxyl groups excluding tert-OH is 1. The van der Waals surface area contributed by atoms with Crippen molar-refractivity contribution in [1.82, 2.24) is 10.2 Å².